The Morgan fingerprint density at radius 3 is 1.77 bits per heavy atom. The lowest BCUT2D eigenvalue weighted by Gasteiger charge is -2.25. The zero-order valence-corrected chi connectivity index (χ0v) is 17.0. The lowest BCUT2D eigenvalue weighted by molar-refractivity contribution is 0.564. The van der Waals surface area contributed by atoms with Gasteiger partial charge in [-0.15, -0.1) is 10.2 Å². The third-order valence-electron chi connectivity index (χ3n) is 4.41. The molecule has 3 rings (SSSR count). The molecule has 3 nitrogen and oxygen atoms in total. The Labute approximate surface area is 160 Å². The standard InChI is InChI=1S/C22H25ClN2O/c1-21(2,3)16-10-15(11-17(13-16)22(4,5)6)20-25-24-19(26-20)14-8-7-9-18(23)12-14/h7-13H,1-6H3. The van der Waals surface area contributed by atoms with Gasteiger partial charge < -0.3 is 4.42 Å². The molecule has 1 aromatic heterocycles. The molecule has 0 N–H and O–H groups in total. The Balaban J connectivity index is 2.09. The zero-order valence-electron chi connectivity index (χ0n) is 16.2. The Morgan fingerprint density at radius 1 is 0.731 bits per heavy atom. The average molecular weight is 369 g/mol. The quantitative estimate of drug-likeness (QED) is 0.508. The number of rotatable bonds is 2. The van der Waals surface area contributed by atoms with Crippen LogP contribution >= 0.6 is 11.6 Å². The van der Waals surface area contributed by atoms with Gasteiger partial charge in [0.25, 0.3) is 0 Å². The summed E-state index contributed by atoms with van der Waals surface area (Å²) in [6, 6.07) is 14.0. The van der Waals surface area contributed by atoms with E-state index in [0.717, 1.165) is 11.1 Å². The molecule has 26 heavy (non-hydrogen) atoms. The van der Waals surface area contributed by atoms with Gasteiger partial charge in [-0.25, -0.2) is 0 Å². The summed E-state index contributed by atoms with van der Waals surface area (Å²) in [5.41, 5.74) is 4.34. The van der Waals surface area contributed by atoms with Gasteiger partial charge in [0, 0.05) is 16.1 Å². The maximum atomic E-state index is 6.07. The first kappa shape index (κ1) is 18.7. The highest BCUT2D eigenvalue weighted by molar-refractivity contribution is 6.30. The largest absolute Gasteiger partial charge is 0.416 e. The molecule has 3 aromatic rings. The monoisotopic (exact) mass is 368 g/mol. The molecule has 0 amide bonds. The number of halogens is 1. The van der Waals surface area contributed by atoms with E-state index < -0.39 is 0 Å². The van der Waals surface area contributed by atoms with Crippen LogP contribution in [0.4, 0.5) is 0 Å². The van der Waals surface area contributed by atoms with Crippen LogP contribution in [0.3, 0.4) is 0 Å². The van der Waals surface area contributed by atoms with Crippen LogP contribution < -0.4 is 0 Å². The molecule has 0 aliphatic heterocycles. The third-order valence-corrected chi connectivity index (χ3v) is 4.64. The van der Waals surface area contributed by atoms with Gasteiger partial charge in [-0.05, 0) is 52.3 Å². The van der Waals surface area contributed by atoms with Crippen molar-refractivity contribution in [2.24, 2.45) is 0 Å². The molecule has 4 heteroatoms. The van der Waals surface area contributed by atoms with Crippen LogP contribution in [-0.4, -0.2) is 10.2 Å². The number of hydrogen-bond donors (Lipinski definition) is 0. The van der Waals surface area contributed by atoms with Gasteiger partial charge in [0.2, 0.25) is 11.8 Å². The van der Waals surface area contributed by atoms with Crippen LogP contribution in [-0.2, 0) is 10.8 Å². The van der Waals surface area contributed by atoms with Gasteiger partial charge in [0.05, 0.1) is 0 Å². The van der Waals surface area contributed by atoms with Gasteiger partial charge in [-0.2, -0.15) is 0 Å². The molecule has 0 spiro atoms. The Hall–Kier alpha value is -2.13. The molecular weight excluding hydrogens is 344 g/mol. The van der Waals surface area contributed by atoms with Crippen molar-refractivity contribution in [1.29, 1.82) is 0 Å². The van der Waals surface area contributed by atoms with E-state index in [1.165, 1.54) is 11.1 Å². The number of nitrogens with zero attached hydrogens (tertiary/aromatic N) is 2. The van der Waals surface area contributed by atoms with Crippen molar-refractivity contribution in [3.8, 4) is 22.9 Å². The SMILES string of the molecule is CC(C)(C)c1cc(-c2nnc(-c3cccc(Cl)c3)o2)cc(C(C)(C)C)c1. The van der Waals surface area contributed by atoms with Crippen LogP contribution in [0, 0.1) is 0 Å². The maximum Gasteiger partial charge on any atom is 0.248 e. The molecule has 1 heterocycles. The molecule has 0 fully saturated rings. The molecular formula is C22H25ClN2O. The average Bonchev–Trinajstić information content (AvgIpc) is 3.03. The Morgan fingerprint density at radius 2 is 1.27 bits per heavy atom. The lowest BCUT2D eigenvalue weighted by Crippen LogP contribution is -2.16. The number of hydrogen-bond acceptors (Lipinski definition) is 3. The first-order chi connectivity index (χ1) is 12.0. The van der Waals surface area contributed by atoms with Crippen LogP contribution in [0.1, 0.15) is 52.7 Å². The van der Waals surface area contributed by atoms with Crippen molar-refractivity contribution in [3.63, 3.8) is 0 Å². The first-order valence-corrected chi connectivity index (χ1v) is 9.18. The lowest BCUT2D eigenvalue weighted by atomic mass is 9.79. The van der Waals surface area contributed by atoms with E-state index in [4.69, 9.17) is 16.0 Å². The molecule has 0 aliphatic rings. The summed E-state index contributed by atoms with van der Waals surface area (Å²) in [5, 5.41) is 9.14. The molecule has 0 radical (unpaired) electrons. The fraction of sp³-hybridized carbons (Fsp3) is 0.364. The summed E-state index contributed by atoms with van der Waals surface area (Å²) in [5.74, 6) is 0.998. The van der Waals surface area contributed by atoms with E-state index in [2.05, 4.69) is 69.9 Å². The van der Waals surface area contributed by atoms with E-state index in [1.54, 1.807) is 0 Å². The summed E-state index contributed by atoms with van der Waals surface area (Å²) in [4.78, 5) is 0. The highest BCUT2D eigenvalue weighted by Crippen LogP contribution is 2.34. The molecule has 0 aliphatic carbocycles. The van der Waals surface area contributed by atoms with Gasteiger partial charge in [0.1, 0.15) is 0 Å². The number of aromatic nitrogens is 2. The molecule has 0 saturated heterocycles. The second-order valence-electron chi connectivity index (χ2n) is 8.72. The van der Waals surface area contributed by atoms with Crippen LogP contribution in [0.2, 0.25) is 5.02 Å². The predicted molar refractivity (Wildman–Crippen MR) is 108 cm³/mol. The predicted octanol–water partition coefficient (Wildman–Crippen LogP) is 6.65. The van der Waals surface area contributed by atoms with E-state index in [-0.39, 0.29) is 10.8 Å². The third kappa shape index (κ3) is 3.99. The van der Waals surface area contributed by atoms with Crippen molar-refractivity contribution in [1.82, 2.24) is 10.2 Å². The summed E-state index contributed by atoms with van der Waals surface area (Å²) in [7, 11) is 0. The zero-order chi connectivity index (χ0) is 19.1. The van der Waals surface area contributed by atoms with Gasteiger partial charge in [-0.1, -0.05) is 65.3 Å². The summed E-state index contributed by atoms with van der Waals surface area (Å²) >= 11 is 6.07. The Kier molecular flexibility index (Phi) is 4.70. The van der Waals surface area contributed by atoms with Crippen molar-refractivity contribution in [2.45, 2.75) is 52.4 Å². The molecule has 2 aromatic carbocycles. The fourth-order valence-electron chi connectivity index (χ4n) is 2.70. The normalized spacial score (nSPS) is 12.4. The first-order valence-electron chi connectivity index (χ1n) is 8.80. The molecule has 0 bridgehead atoms. The summed E-state index contributed by atoms with van der Waals surface area (Å²) in [6.45, 7) is 13.3. The van der Waals surface area contributed by atoms with Crippen molar-refractivity contribution in [2.75, 3.05) is 0 Å². The molecule has 0 saturated carbocycles. The van der Waals surface area contributed by atoms with E-state index in [9.17, 15) is 0 Å². The minimum Gasteiger partial charge on any atom is -0.416 e. The van der Waals surface area contributed by atoms with Gasteiger partial charge >= 0.3 is 0 Å². The van der Waals surface area contributed by atoms with Crippen molar-refractivity contribution < 1.29 is 4.42 Å². The smallest absolute Gasteiger partial charge is 0.248 e. The van der Waals surface area contributed by atoms with Crippen molar-refractivity contribution >= 4 is 11.6 Å². The topological polar surface area (TPSA) is 38.9 Å². The Bertz CT molecular complexity index is 898. The van der Waals surface area contributed by atoms with Gasteiger partial charge in [0.15, 0.2) is 0 Å². The molecule has 136 valence electrons. The molecule has 0 atom stereocenters. The van der Waals surface area contributed by atoms with Crippen molar-refractivity contribution in [3.05, 3.63) is 58.6 Å². The van der Waals surface area contributed by atoms with E-state index in [1.807, 2.05) is 24.3 Å². The fourth-order valence-corrected chi connectivity index (χ4v) is 2.89. The minimum absolute atomic E-state index is 0.0335. The van der Waals surface area contributed by atoms with E-state index in [0.29, 0.717) is 16.8 Å². The van der Waals surface area contributed by atoms with Crippen LogP contribution in [0.15, 0.2) is 46.9 Å². The summed E-state index contributed by atoms with van der Waals surface area (Å²) in [6.07, 6.45) is 0. The van der Waals surface area contributed by atoms with E-state index >= 15 is 0 Å². The second-order valence-corrected chi connectivity index (χ2v) is 9.16. The highest BCUT2D eigenvalue weighted by atomic mass is 35.5. The summed E-state index contributed by atoms with van der Waals surface area (Å²) < 4.78 is 5.97. The highest BCUT2D eigenvalue weighted by Gasteiger charge is 2.22. The molecule has 0 unspecified atom stereocenters. The maximum absolute atomic E-state index is 6.07. The van der Waals surface area contributed by atoms with Gasteiger partial charge in [-0.3, -0.25) is 0 Å². The second kappa shape index (κ2) is 6.55. The van der Waals surface area contributed by atoms with Crippen LogP contribution in [0.5, 0.6) is 0 Å². The minimum atomic E-state index is 0.0335. The number of benzene rings is 2. The van der Waals surface area contributed by atoms with Crippen LogP contribution in [0.25, 0.3) is 22.9 Å².